The Bertz CT molecular complexity index is 1320. The minimum absolute atomic E-state index is 0.0177. The predicted octanol–water partition coefficient (Wildman–Crippen LogP) is 4.47. The van der Waals surface area contributed by atoms with Crippen LogP contribution in [0.4, 0.5) is 17.2 Å². The van der Waals surface area contributed by atoms with E-state index >= 15 is 0 Å². The summed E-state index contributed by atoms with van der Waals surface area (Å²) >= 11 is 0. The lowest BCUT2D eigenvalue weighted by atomic mass is 10.1. The van der Waals surface area contributed by atoms with Gasteiger partial charge in [0.25, 0.3) is 15.9 Å². The molecule has 184 valence electrons. The second-order valence-electron chi connectivity index (χ2n) is 8.50. The Kier molecular flexibility index (Phi) is 7.25. The zero-order valence-electron chi connectivity index (χ0n) is 20.2. The van der Waals surface area contributed by atoms with E-state index in [1.54, 1.807) is 49.5 Å². The molecule has 0 atom stereocenters. The van der Waals surface area contributed by atoms with Gasteiger partial charge in [0.2, 0.25) is 0 Å². The summed E-state index contributed by atoms with van der Waals surface area (Å²) in [5, 5.41) is 2.95. The maximum Gasteiger partial charge on any atom is 0.264 e. The van der Waals surface area contributed by atoms with Crippen molar-refractivity contribution in [1.82, 2.24) is 4.98 Å². The van der Waals surface area contributed by atoms with E-state index in [2.05, 4.69) is 15.2 Å². The fraction of sp³-hybridized carbons (Fsp3) is 0.308. The number of amides is 1. The van der Waals surface area contributed by atoms with Crippen molar-refractivity contribution in [3.8, 4) is 5.75 Å². The molecule has 1 fully saturated rings. The third kappa shape index (κ3) is 5.09. The van der Waals surface area contributed by atoms with Gasteiger partial charge in [0.15, 0.2) is 5.82 Å². The highest BCUT2D eigenvalue weighted by molar-refractivity contribution is 7.92. The third-order valence-corrected chi connectivity index (χ3v) is 7.99. The van der Waals surface area contributed by atoms with Crippen molar-refractivity contribution < 1.29 is 17.9 Å². The van der Waals surface area contributed by atoms with Gasteiger partial charge < -0.3 is 15.0 Å². The van der Waals surface area contributed by atoms with E-state index in [-0.39, 0.29) is 16.4 Å². The minimum Gasteiger partial charge on any atom is -0.495 e. The highest BCUT2D eigenvalue weighted by Crippen LogP contribution is 2.32. The fourth-order valence-corrected chi connectivity index (χ4v) is 5.46. The highest BCUT2D eigenvalue weighted by atomic mass is 32.2. The van der Waals surface area contributed by atoms with Crippen molar-refractivity contribution in [3.05, 3.63) is 71.9 Å². The van der Waals surface area contributed by atoms with Crippen LogP contribution in [0.2, 0.25) is 0 Å². The number of benzene rings is 2. The molecule has 2 heterocycles. The van der Waals surface area contributed by atoms with Crippen LogP contribution in [0.15, 0.2) is 65.7 Å². The molecule has 9 heteroatoms. The van der Waals surface area contributed by atoms with E-state index in [9.17, 15) is 13.2 Å². The molecule has 1 aliphatic heterocycles. The lowest BCUT2D eigenvalue weighted by molar-refractivity contribution is 0.102. The Morgan fingerprint density at radius 1 is 1.06 bits per heavy atom. The average molecular weight is 495 g/mol. The molecule has 0 radical (unpaired) electrons. The first kappa shape index (κ1) is 24.5. The molecule has 1 aromatic heterocycles. The first-order valence-electron chi connectivity index (χ1n) is 11.6. The molecule has 3 aromatic rings. The second-order valence-corrected chi connectivity index (χ2v) is 10.5. The Morgan fingerprint density at radius 2 is 1.80 bits per heavy atom. The standard InChI is InChI=1S/C26H30N4O4S/c1-19-13-14-20(35(32,33)29(2)23-11-5-6-12-24(23)34-3)18-21(19)26(31)28-22-10-9-15-27-25(22)30-16-7-4-8-17-30/h5-6,9-15,18H,4,7-8,16-17H2,1-3H3,(H,28,31). The summed E-state index contributed by atoms with van der Waals surface area (Å²) in [7, 11) is -0.987. The molecule has 0 spiro atoms. The first-order chi connectivity index (χ1) is 16.8. The Morgan fingerprint density at radius 3 is 2.54 bits per heavy atom. The lowest BCUT2D eigenvalue weighted by Gasteiger charge is -2.29. The summed E-state index contributed by atoms with van der Waals surface area (Å²) in [6.45, 7) is 3.56. The number of rotatable bonds is 7. The van der Waals surface area contributed by atoms with Crippen molar-refractivity contribution in [1.29, 1.82) is 0 Å². The number of carbonyl (C=O) groups is 1. The van der Waals surface area contributed by atoms with Crippen LogP contribution in [0.1, 0.15) is 35.2 Å². The van der Waals surface area contributed by atoms with Gasteiger partial charge in [0, 0.05) is 31.9 Å². The van der Waals surface area contributed by atoms with Gasteiger partial charge in [-0.2, -0.15) is 0 Å². The topological polar surface area (TPSA) is 91.8 Å². The highest BCUT2D eigenvalue weighted by Gasteiger charge is 2.26. The lowest BCUT2D eigenvalue weighted by Crippen LogP contribution is -2.31. The summed E-state index contributed by atoms with van der Waals surface area (Å²) in [6, 6.07) is 15.1. The monoisotopic (exact) mass is 494 g/mol. The molecule has 0 bridgehead atoms. The number of hydrogen-bond donors (Lipinski definition) is 1. The smallest absolute Gasteiger partial charge is 0.264 e. The second kappa shape index (κ2) is 10.4. The number of para-hydroxylation sites is 2. The summed E-state index contributed by atoms with van der Waals surface area (Å²) < 4.78 is 33.3. The summed E-state index contributed by atoms with van der Waals surface area (Å²) in [6.07, 6.45) is 5.08. The summed E-state index contributed by atoms with van der Waals surface area (Å²) in [4.78, 5) is 20.0. The molecular formula is C26H30N4O4S. The molecule has 1 amide bonds. The number of aromatic nitrogens is 1. The van der Waals surface area contributed by atoms with Gasteiger partial charge in [-0.3, -0.25) is 9.10 Å². The van der Waals surface area contributed by atoms with Gasteiger partial charge in [-0.1, -0.05) is 18.2 Å². The van der Waals surface area contributed by atoms with Crippen molar-refractivity contribution in [2.24, 2.45) is 0 Å². The number of ether oxygens (including phenoxy) is 1. The number of nitrogens with one attached hydrogen (secondary N) is 1. The molecule has 1 aliphatic rings. The predicted molar refractivity (Wildman–Crippen MR) is 138 cm³/mol. The Hall–Kier alpha value is -3.59. The van der Waals surface area contributed by atoms with E-state index in [1.165, 1.54) is 32.7 Å². The average Bonchev–Trinajstić information content (AvgIpc) is 2.89. The van der Waals surface area contributed by atoms with E-state index in [0.717, 1.165) is 36.1 Å². The fourth-order valence-electron chi connectivity index (χ4n) is 4.23. The number of pyridine rings is 1. The van der Waals surface area contributed by atoms with Crippen LogP contribution in [0.25, 0.3) is 0 Å². The largest absolute Gasteiger partial charge is 0.495 e. The zero-order valence-corrected chi connectivity index (χ0v) is 21.0. The SMILES string of the molecule is COc1ccccc1N(C)S(=O)(=O)c1ccc(C)c(C(=O)Nc2cccnc2N2CCCCC2)c1. The van der Waals surface area contributed by atoms with Crippen molar-refractivity contribution >= 4 is 33.1 Å². The maximum absolute atomic E-state index is 13.4. The minimum atomic E-state index is -3.94. The van der Waals surface area contributed by atoms with Gasteiger partial charge in [-0.25, -0.2) is 13.4 Å². The summed E-state index contributed by atoms with van der Waals surface area (Å²) in [5.41, 5.74) is 1.97. The van der Waals surface area contributed by atoms with Crippen LogP contribution >= 0.6 is 0 Å². The maximum atomic E-state index is 13.4. The molecule has 2 aromatic carbocycles. The molecule has 4 rings (SSSR count). The van der Waals surface area contributed by atoms with E-state index < -0.39 is 10.0 Å². The molecule has 35 heavy (non-hydrogen) atoms. The third-order valence-electron chi connectivity index (χ3n) is 6.23. The first-order valence-corrected chi connectivity index (χ1v) is 13.0. The summed E-state index contributed by atoms with van der Waals surface area (Å²) in [5.74, 6) is 0.786. The van der Waals surface area contributed by atoms with Crippen LogP contribution in [0, 0.1) is 6.92 Å². The Balaban J connectivity index is 1.63. The number of carbonyl (C=O) groups excluding carboxylic acids is 1. The quantitative estimate of drug-likeness (QED) is 0.521. The van der Waals surface area contributed by atoms with Gasteiger partial charge in [0.1, 0.15) is 5.75 Å². The number of piperidine rings is 1. The molecule has 1 N–H and O–H groups in total. The van der Waals surface area contributed by atoms with Gasteiger partial charge >= 0.3 is 0 Å². The molecule has 8 nitrogen and oxygen atoms in total. The molecule has 0 unspecified atom stereocenters. The van der Waals surface area contributed by atoms with Crippen LogP contribution in [0.5, 0.6) is 5.75 Å². The van der Waals surface area contributed by atoms with Crippen LogP contribution < -0.4 is 19.3 Å². The van der Waals surface area contributed by atoms with Crippen molar-refractivity contribution in [3.63, 3.8) is 0 Å². The number of nitrogens with zero attached hydrogens (tertiary/aromatic N) is 3. The van der Waals surface area contributed by atoms with Crippen LogP contribution in [0.3, 0.4) is 0 Å². The van der Waals surface area contributed by atoms with E-state index in [1.807, 2.05) is 6.07 Å². The van der Waals surface area contributed by atoms with Crippen LogP contribution in [-0.2, 0) is 10.0 Å². The molecule has 0 aliphatic carbocycles. The Labute approximate surface area is 206 Å². The van der Waals surface area contributed by atoms with Crippen molar-refractivity contribution in [2.75, 3.05) is 41.8 Å². The zero-order chi connectivity index (χ0) is 25.0. The van der Waals surface area contributed by atoms with E-state index in [0.29, 0.717) is 22.7 Å². The molecular weight excluding hydrogens is 464 g/mol. The number of methoxy groups -OCH3 is 1. The van der Waals surface area contributed by atoms with Gasteiger partial charge in [-0.05, 0) is 68.1 Å². The van der Waals surface area contributed by atoms with Crippen molar-refractivity contribution in [2.45, 2.75) is 31.1 Å². The number of aryl methyl sites for hydroxylation is 1. The van der Waals surface area contributed by atoms with Crippen LogP contribution in [-0.4, -0.2) is 46.6 Å². The molecule has 0 saturated carbocycles. The number of hydrogen-bond acceptors (Lipinski definition) is 6. The molecule has 1 saturated heterocycles. The number of sulfonamides is 1. The van der Waals surface area contributed by atoms with Gasteiger partial charge in [-0.15, -0.1) is 0 Å². The van der Waals surface area contributed by atoms with Gasteiger partial charge in [0.05, 0.1) is 23.4 Å². The normalized spacial score (nSPS) is 13.9. The number of anilines is 3. The van der Waals surface area contributed by atoms with E-state index in [4.69, 9.17) is 4.74 Å².